The van der Waals surface area contributed by atoms with Gasteiger partial charge >= 0.3 is 0 Å². The Morgan fingerprint density at radius 1 is 1.19 bits per heavy atom. The van der Waals surface area contributed by atoms with E-state index in [1.807, 2.05) is 61.3 Å². The molecule has 1 heterocycles. The average Bonchev–Trinajstić information content (AvgIpc) is 2.86. The van der Waals surface area contributed by atoms with Crippen molar-refractivity contribution in [1.82, 2.24) is 4.98 Å². The summed E-state index contributed by atoms with van der Waals surface area (Å²) in [6.45, 7) is 2.02. The molecule has 0 saturated heterocycles. The highest BCUT2D eigenvalue weighted by atomic mass is 32.1. The fourth-order valence-electron chi connectivity index (χ4n) is 2.09. The summed E-state index contributed by atoms with van der Waals surface area (Å²) in [6, 6.07) is 16.2. The molecule has 0 aliphatic rings. The number of nitrogens with one attached hydrogen (secondary N) is 1. The molecule has 0 atom stereocenters. The lowest BCUT2D eigenvalue weighted by atomic mass is 10.3. The lowest BCUT2D eigenvalue weighted by molar-refractivity contribution is 1.28. The minimum Gasteiger partial charge on any atom is -0.332 e. The van der Waals surface area contributed by atoms with Gasteiger partial charge in [-0.15, -0.1) is 11.3 Å². The minimum absolute atomic E-state index is 0.668. The standard InChI is InChI=1S/C16H15N3S2/c1-11-17-14-9-8-12(10-15(14)21-11)18-16(20)19(2)13-6-4-3-5-7-13/h3-10H,1-2H3,(H,18,20). The van der Waals surface area contributed by atoms with Crippen molar-refractivity contribution in [3.8, 4) is 0 Å². The van der Waals surface area contributed by atoms with Crippen molar-refractivity contribution in [2.24, 2.45) is 0 Å². The molecule has 3 nitrogen and oxygen atoms in total. The molecule has 5 heteroatoms. The molecule has 21 heavy (non-hydrogen) atoms. The fraction of sp³-hybridized carbons (Fsp3) is 0.125. The van der Waals surface area contributed by atoms with Gasteiger partial charge in [-0.3, -0.25) is 0 Å². The summed E-state index contributed by atoms with van der Waals surface area (Å²) >= 11 is 7.16. The number of aryl methyl sites for hydroxylation is 1. The van der Waals surface area contributed by atoms with Gasteiger partial charge in [0.25, 0.3) is 0 Å². The number of hydrogen-bond acceptors (Lipinski definition) is 3. The maximum atomic E-state index is 5.47. The second kappa shape index (κ2) is 5.79. The molecule has 0 amide bonds. The van der Waals surface area contributed by atoms with E-state index >= 15 is 0 Å². The van der Waals surface area contributed by atoms with Crippen LogP contribution in [-0.2, 0) is 0 Å². The lowest BCUT2D eigenvalue weighted by Gasteiger charge is -2.21. The Bertz CT molecular complexity index is 781. The van der Waals surface area contributed by atoms with Crippen molar-refractivity contribution >= 4 is 50.3 Å². The van der Waals surface area contributed by atoms with E-state index in [0.717, 1.165) is 21.9 Å². The van der Waals surface area contributed by atoms with Crippen molar-refractivity contribution in [1.29, 1.82) is 0 Å². The topological polar surface area (TPSA) is 28.2 Å². The normalized spacial score (nSPS) is 10.6. The van der Waals surface area contributed by atoms with E-state index in [-0.39, 0.29) is 0 Å². The smallest absolute Gasteiger partial charge is 0.177 e. The van der Waals surface area contributed by atoms with Crippen LogP contribution in [0.5, 0.6) is 0 Å². The molecule has 2 aromatic carbocycles. The quantitative estimate of drug-likeness (QED) is 0.708. The molecule has 0 saturated carbocycles. The van der Waals surface area contributed by atoms with Crippen molar-refractivity contribution in [3.05, 3.63) is 53.5 Å². The first-order chi connectivity index (χ1) is 10.1. The van der Waals surface area contributed by atoms with E-state index in [4.69, 9.17) is 12.2 Å². The highest BCUT2D eigenvalue weighted by Crippen LogP contribution is 2.25. The molecule has 1 N–H and O–H groups in total. The molecule has 0 spiro atoms. The van der Waals surface area contributed by atoms with E-state index in [0.29, 0.717) is 5.11 Å². The van der Waals surface area contributed by atoms with Gasteiger partial charge in [-0.25, -0.2) is 4.98 Å². The third kappa shape index (κ3) is 3.04. The van der Waals surface area contributed by atoms with Gasteiger partial charge in [-0.05, 0) is 49.5 Å². The Labute approximate surface area is 133 Å². The lowest BCUT2D eigenvalue weighted by Crippen LogP contribution is -2.30. The summed E-state index contributed by atoms with van der Waals surface area (Å²) in [5, 5.41) is 5.02. The van der Waals surface area contributed by atoms with Gasteiger partial charge < -0.3 is 10.2 Å². The largest absolute Gasteiger partial charge is 0.332 e. The number of aromatic nitrogens is 1. The first-order valence-corrected chi connectivity index (χ1v) is 7.83. The SMILES string of the molecule is Cc1nc2ccc(NC(=S)N(C)c3ccccc3)cc2s1. The predicted molar refractivity (Wildman–Crippen MR) is 95.4 cm³/mol. The van der Waals surface area contributed by atoms with Crippen LogP contribution < -0.4 is 10.2 Å². The van der Waals surface area contributed by atoms with Crippen LogP contribution in [0.3, 0.4) is 0 Å². The van der Waals surface area contributed by atoms with Gasteiger partial charge in [-0.1, -0.05) is 18.2 Å². The monoisotopic (exact) mass is 313 g/mol. The van der Waals surface area contributed by atoms with Crippen molar-refractivity contribution in [3.63, 3.8) is 0 Å². The summed E-state index contributed by atoms with van der Waals surface area (Å²) in [5.74, 6) is 0. The number of fused-ring (bicyclic) bond motifs is 1. The van der Waals surface area contributed by atoms with Crippen LogP contribution in [-0.4, -0.2) is 17.1 Å². The summed E-state index contributed by atoms with van der Waals surface area (Å²) in [6.07, 6.45) is 0. The molecule has 0 aliphatic heterocycles. The number of thiazole rings is 1. The molecule has 0 bridgehead atoms. The zero-order chi connectivity index (χ0) is 14.8. The number of nitrogens with zero attached hydrogens (tertiary/aromatic N) is 2. The first-order valence-electron chi connectivity index (χ1n) is 6.60. The molecular formula is C16H15N3S2. The van der Waals surface area contributed by atoms with Crippen LogP contribution in [0.4, 0.5) is 11.4 Å². The summed E-state index contributed by atoms with van der Waals surface area (Å²) in [7, 11) is 1.96. The first kappa shape index (κ1) is 14.0. The van der Waals surface area contributed by atoms with Gasteiger partial charge in [0, 0.05) is 18.4 Å². The molecular weight excluding hydrogens is 298 g/mol. The maximum absolute atomic E-state index is 5.47. The number of para-hydroxylation sites is 1. The molecule has 3 aromatic rings. The van der Waals surface area contributed by atoms with Crippen molar-refractivity contribution < 1.29 is 0 Å². The number of thiocarbonyl (C=S) groups is 1. The Hall–Kier alpha value is -1.98. The predicted octanol–water partition coefficient (Wildman–Crippen LogP) is 4.44. The number of benzene rings is 2. The van der Waals surface area contributed by atoms with E-state index in [9.17, 15) is 0 Å². The fourth-order valence-corrected chi connectivity index (χ4v) is 3.18. The Balaban J connectivity index is 1.79. The second-order valence-corrected chi connectivity index (χ2v) is 6.36. The van der Waals surface area contributed by atoms with Crippen LogP contribution in [0, 0.1) is 6.92 Å². The second-order valence-electron chi connectivity index (χ2n) is 4.74. The van der Waals surface area contributed by atoms with E-state index in [1.54, 1.807) is 11.3 Å². The van der Waals surface area contributed by atoms with E-state index < -0.39 is 0 Å². The summed E-state index contributed by atoms with van der Waals surface area (Å²) < 4.78 is 1.17. The van der Waals surface area contributed by atoms with E-state index in [2.05, 4.69) is 16.4 Å². The molecule has 0 aliphatic carbocycles. The van der Waals surface area contributed by atoms with Gasteiger partial charge in [-0.2, -0.15) is 0 Å². The Morgan fingerprint density at radius 2 is 1.95 bits per heavy atom. The zero-order valence-corrected chi connectivity index (χ0v) is 13.5. The molecule has 3 rings (SSSR count). The minimum atomic E-state index is 0.668. The number of hydrogen-bond donors (Lipinski definition) is 1. The number of rotatable bonds is 2. The Kier molecular flexibility index (Phi) is 3.86. The molecule has 1 aromatic heterocycles. The van der Waals surface area contributed by atoms with Crippen LogP contribution in [0.2, 0.25) is 0 Å². The van der Waals surface area contributed by atoms with Gasteiger partial charge in [0.2, 0.25) is 0 Å². The summed E-state index contributed by atoms with van der Waals surface area (Å²) in [4.78, 5) is 6.42. The Morgan fingerprint density at radius 3 is 2.71 bits per heavy atom. The molecule has 0 radical (unpaired) electrons. The third-order valence-electron chi connectivity index (χ3n) is 3.19. The zero-order valence-electron chi connectivity index (χ0n) is 11.8. The highest BCUT2D eigenvalue weighted by Gasteiger charge is 2.08. The molecule has 0 fully saturated rings. The summed E-state index contributed by atoms with van der Waals surface area (Å²) in [5.41, 5.74) is 3.08. The number of anilines is 2. The van der Waals surface area contributed by atoms with Crippen LogP contribution >= 0.6 is 23.6 Å². The molecule has 0 unspecified atom stereocenters. The van der Waals surface area contributed by atoms with Crippen molar-refractivity contribution in [2.45, 2.75) is 6.92 Å². The molecule has 106 valence electrons. The van der Waals surface area contributed by atoms with E-state index in [1.165, 1.54) is 4.70 Å². The highest BCUT2D eigenvalue weighted by molar-refractivity contribution is 7.80. The van der Waals surface area contributed by atoms with Gasteiger partial charge in [0.05, 0.1) is 15.2 Å². The van der Waals surface area contributed by atoms with Crippen molar-refractivity contribution in [2.75, 3.05) is 17.3 Å². The van der Waals surface area contributed by atoms with Crippen LogP contribution in [0.15, 0.2) is 48.5 Å². The van der Waals surface area contributed by atoms with Gasteiger partial charge in [0.1, 0.15) is 0 Å². The average molecular weight is 313 g/mol. The van der Waals surface area contributed by atoms with Gasteiger partial charge in [0.15, 0.2) is 5.11 Å². The van der Waals surface area contributed by atoms with Crippen LogP contribution in [0.1, 0.15) is 5.01 Å². The maximum Gasteiger partial charge on any atom is 0.177 e. The van der Waals surface area contributed by atoms with Crippen LogP contribution in [0.25, 0.3) is 10.2 Å². The third-order valence-corrected chi connectivity index (χ3v) is 4.50.